The van der Waals surface area contributed by atoms with Crippen LogP contribution in [0.15, 0.2) is 24.3 Å². The van der Waals surface area contributed by atoms with Crippen LogP contribution in [0.25, 0.3) is 11.0 Å². The van der Waals surface area contributed by atoms with Crippen LogP contribution in [0.3, 0.4) is 0 Å². The van der Waals surface area contributed by atoms with Crippen molar-refractivity contribution in [3.05, 3.63) is 30.1 Å². The summed E-state index contributed by atoms with van der Waals surface area (Å²) in [6.45, 7) is 4.08. The van der Waals surface area contributed by atoms with Gasteiger partial charge in [-0.15, -0.1) is 0 Å². The number of rotatable bonds is 5. The van der Waals surface area contributed by atoms with Crippen molar-refractivity contribution < 1.29 is 4.79 Å². The number of amides is 1. The van der Waals surface area contributed by atoms with Crippen LogP contribution < -0.4 is 0 Å². The standard InChI is InChI=1S/C18H23N3O/c1-2-3-10-20-16-7-5-4-6-15(16)19-18(20)13-11-17(22)21(12-13)14-8-9-14/h4-7,13-14H,2-3,8-12H2,1H3. The molecule has 1 aliphatic heterocycles. The smallest absolute Gasteiger partial charge is 0.223 e. The molecular weight excluding hydrogens is 274 g/mol. The Morgan fingerprint density at radius 2 is 2.09 bits per heavy atom. The molecule has 0 radical (unpaired) electrons. The molecule has 1 aliphatic carbocycles. The van der Waals surface area contributed by atoms with Crippen LogP contribution in [0, 0.1) is 0 Å². The number of benzene rings is 1. The minimum atomic E-state index is 0.261. The highest BCUT2D eigenvalue weighted by Gasteiger charge is 2.41. The third-order valence-corrected chi connectivity index (χ3v) is 4.93. The zero-order chi connectivity index (χ0) is 15.1. The lowest BCUT2D eigenvalue weighted by molar-refractivity contribution is -0.128. The van der Waals surface area contributed by atoms with Gasteiger partial charge in [0.2, 0.25) is 5.91 Å². The first kappa shape index (κ1) is 13.8. The van der Waals surface area contributed by atoms with E-state index < -0.39 is 0 Å². The molecule has 4 rings (SSSR count). The number of carbonyl (C=O) groups is 1. The number of likely N-dealkylation sites (tertiary alicyclic amines) is 1. The molecule has 0 bridgehead atoms. The quantitative estimate of drug-likeness (QED) is 0.849. The first-order valence-electron chi connectivity index (χ1n) is 8.52. The predicted octanol–water partition coefficient (Wildman–Crippen LogP) is 3.31. The lowest BCUT2D eigenvalue weighted by Gasteiger charge is -2.16. The Hall–Kier alpha value is -1.84. The van der Waals surface area contributed by atoms with Gasteiger partial charge in [0.25, 0.3) is 0 Å². The summed E-state index contributed by atoms with van der Waals surface area (Å²) >= 11 is 0. The maximum atomic E-state index is 12.3. The van der Waals surface area contributed by atoms with Crippen molar-refractivity contribution in [2.45, 2.75) is 57.5 Å². The van der Waals surface area contributed by atoms with Crippen molar-refractivity contribution in [3.63, 3.8) is 0 Å². The molecule has 1 unspecified atom stereocenters. The Labute approximate surface area is 131 Å². The summed E-state index contributed by atoms with van der Waals surface area (Å²) in [5.41, 5.74) is 2.27. The van der Waals surface area contributed by atoms with E-state index in [1.807, 2.05) is 6.07 Å². The van der Waals surface area contributed by atoms with Gasteiger partial charge >= 0.3 is 0 Å². The number of fused-ring (bicyclic) bond motifs is 1. The van der Waals surface area contributed by atoms with E-state index in [1.165, 1.54) is 24.8 Å². The third-order valence-electron chi connectivity index (χ3n) is 4.93. The van der Waals surface area contributed by atoms with E-state index in [0.717, 1.165) is 30.9 Å². The highest BCUT2D eigenvalue weighted by atomic mass is 16.2. The summed E-state index contributed by atoms with van der Waals surface area (Å²) in [6, 6.07) is 8.87. The largest absolute Gasteiger partial charge is 0.339 e. The number of unbranched alkanes of at least 4 members (excludes halogenated alkanes) is 1. The van der Waals surface area contributed by atoms with Crippen molar-refractivity contribution in [2.75, 3.05) is 6.54 Å². The van der Waals surface area contributed by atoms with Crippen LogP contribution in [0.4, 0.5) is 0 Å². The second-order valence-corrected chi connectivity index (χ2v) is 6.64. The molecule has 22 heavy (non-hydrogen) atoms. The molecular formula is C18H23N3O. The van der Waals surface area contributed by atoms with Gasteiger partial charge < -0.3 is 9.47 Å². The summed E-state index contributed by atoms with van der Waals surface area (Å²) in [4.78, 5) is 19.2. The number of aromatic nitrogens is 2. The van der Waals surface area contributed by atoms with Crippen molar-refractivity contribution in [3.8, 4) is 0 Å². The van der Waals surface area contributed by atoms with E-state index in [2.05, 4.69) is 34.6 Å². The van der Waals surface area contributed by atoms with Crippen LogP contribution >= 0.6 is 0 Å². The summed E-state index contributed by atoms with van der Waals surface area (Å²) in [5, 5.41) is 0. The van der Waals surface area contributed by atoms with Gasteiger partial charge in [0.15, 0.2) is 0 Å². The Morgan fingerprint density at radius 1 is 1.27 bits per heavy atom. The minimum Gasteiger partial charge on any atom is -0.339 e. The van der Waals surface area contributed by atoms with E-state index in [-0.39, 0.29) is 5.92 Å². The monoisotopic (exact) mass is 297 g/mol. The molecule has 1 saturated carbocycles. The summed E-state index contributed by atoms with van der Waals surface area (Å²) in [6.07, 6.45) is 5.32. The van der Waals surface area contributed by atoms with E-state index in [0.29, 0.717) is 18.4 Å². The van der Waals surface area contributed by atoms with E-state index in [1.54, 1.807) is 0 Å². The average Bonchev–Trinajstić information content (AvgIpc) is 3.20. The number of nitrogens with zero attached hydrogens (tertiary/aromatic N) is 3. The molecule has 4 heteroatoms. The average molecular weight is 297 g/mol. The second-order valence-electron chi connectivity index (χ2n) is 6.64. The summed E-state index contributed by atoms with van der Waals surface area (Å²) < 4.78 is 2.35. The Kier molecular flexibility index (Phi) is 3.40. The van der Waals surface area contributed by atoms with E-state index >= 15 is 0 Å². The number of hydrogen-bond donors (Lipinski definition) is 0. The minimum absolute atomic E-state index is 0.261. The van der Waals surface area contributed by atoms with Crippen molar-refractivity contribution >= 4 is 16.9 Å². The van der Waals surface area contributed by atoms with Crippen molar-refractivity contribution in [1.82, 2.24) is 14.5 Å². The van der Waals surface area contributed by atoms with Crippen LogP contribution in [0.2, 0.25) is 0 Å². The van der Waals surface area contributed by atoms with Crippen LogP contribution in [0.5, 0.6) is 0 Å². The van der Waals surface area contributed by atoms with Crippen molar-refractivity contribution in [2.24, 2.45) is 0 Å². The molecule has 4 nitrogen and oxygen atoms in total. The summed E-state index contributed by atoms with van der Waals surface area (Å²) in [5.74, 6) is 1.70. The maximum absolute atomic E-state index is 12.3. The number of aryl methyl sites for hydroxylation is 1. The topological polar surface area (TPSA) is 38.1 Å². The molecule has 116 valence electrons. The number of carbonyl (C=O) groups excluding carboxylic acids is 1. The first-order valence-corrected chi connectivity index (χ1v) is 8.52. The molecule has 2 aliphatic rings. The number of hydrogen-bond acceptors (Lipinski definition) is 2. The van der Waals surface area contributed by atoms with Crippen LogP contribution in [-0.2, 0) is 11.3 Å². The fourth-order valence-electron chi connectivity index (χ4n) is 3.60. The third kappa shape index (κ3) is 2.31. The molecule has 2 heterocycles. The number of para-hydroxylation sites is 2. The van der Waals surface area contributed by atoms with E-state index in [9.17, 15) is 4.79 Å². The fourth-order valence-corrected chi connectivity index (χ4v) is 3.60. The van der Waals surface area contributed by atoms with Crippen LogP contribution in [-0.4, -0.2) is 32.9 Å². The molecule has 1 aromatic heterocycles. The molecule has 1 atom stereocenters. The van der Waals surface area contributed by atoms with Gasteiger partial charge in [-0.25, -0.2) is 4.98 Å². The van der Waals surface area contributed by atoms with E-state index in [4.69, 9.17) is 4.98 Å². The molecule has 2 fully saturated rings. The lowest BCUT2D eigenvalue weighted by Crippen LogP contribution is -2.27. The van der Waals surface area contributed by atoms with Gasteiger partial charge in [0.1, 0.15) is 5.82 Å². The molecule has 0 N–H and O–H groups in total. The Bertz CT molecular complexity index is 701. The molecule has 1 saturated heterocycles. The molecule has 1 amide bonds. The number of imidazole rings is 1. The van der Waals surface area contributed by atoms with Gasteiger partial charge in [-0.3, -0.25) is 4.79 Å². The van der Waals surface area contributed by atoms with Gasteiger partial charge in [0, 0.05) is 31.5 Å². The van der Waals surface area contributed by atoms with Gasteiger partial charge in [-0.2, -0.15) is 0 Å². The predicted molar refractivity (Wildman–Crippen MR) is 86.7 cm³/mol. The summed E-state index contributed by atoms with van der Waals surface area (Å²) in [7, 11) is 0. The Morgan fingerprint density at radius 3 is 2.86 bits per heavy atom. The fraction of sp³-hybridized carbons (Fsp3) is 0.556. The molecule has 2 aromatic rings. The molecule has 0 spiro atoms. The zero-order valence-electron chi connectivity index (χ0n) is 13.2. The SMILES string of the molecule is CCCCn1c(C2CC(=O)N(C3CC3)C2)nc2ccccc21. The van der Waals surface area contributed by atoms with Gasteiger partial charge in [-0.1, -0.05) is 25.5 Å². The van der Waals surface area contributed by atoms with Crippen LogP contribution in [0.1, 0.15) is 50.8 Å². The highest BCUT2D eigenvalue weighted by molar-refractivity contribution is 5.81. The van der Waals surface area contributed by atoms with Gasteiger partial charge in [-0.05, 0) is 31.4 Å². The first-order chi connectivity index (χ1) is 10.8. The zero-order valence-corrected chi connectivity index (χ0v) is 13.2. The normalized spacial score (nSPS) is 22.0. The van der Waals surface area contributed by atoms with Gasteiger partial charge in [0.05, 0.1) is 11.0 Å². The maximum Gasteiger partial charge on any atom is 0.223 e. The highest BCUT2D eigenvalue weighted by Crippen LogP contribution is 2.37. The van der Waals surface area contributed by atoms with Crippen molar-refractivity contribution in [1.29, 1.82) is 0 Å². The molecule has 1 aromatic carbocycles. The Balaban J connectivity index is 1.69. The lowest BCUT2D eigenvalue weighted by atomic mass is 10.1. The second kappa shape index (κ2) is 5.41.